The Bertz CT molecular complexity index is 626. The van der Waals surface area contributed by atoms with Gasteiger partial charge in [0.15, 0.2) is 0 Å². The predicted molar refractivity (Wildman–Crippen MR) is 73.9 cm³/mol. The van der Waals surface area contributed by atoms with E-state index in [0.717, 1.165) is 9.78 Å². The van der Waals surface area contributed by atoms with Crippen LogP contribution in [0.15, 0.2) is 11.4 Å². The maximum Gasteiger partial charge on any atom is 0.252 e. The summed E-state index contributed by atoms with van der Waals surface area (Å²) in [5, 5.41) is 4.21. The molecule has 1 fully saturated rings. The molecule has 3 N–H and O–H groups in total. The molecule has 1 aliphatic rings. The monoisotopic (exact) mass is 291 g/mol. The zero-order valence-electron chi connectivity index (χ0n) is 10.8. The number of hydrogen-bond donors (Lipinski definition) is 2. The zero-order chi connectivity index (χ0) is 14.7. The molecule has 0 radical (unpaired) electrons. The van der Waals surface area contributed by atoms with E-state index in [1.165, 1.54) is 18.4 Å². The van der Waals surface area contributed by atoms with Crippen molar-refractivity contribution in [2.45, 2.75) is 12.5 Å². The van der Waals surface area contributed by atoms with Crippen molar-refractivity contribution in [3.8, 4) is 11.8 Å². The maximum atomic E-state index is 12.0. The number of hydrogen-bond acceptors (Lipinski definition) is 5. The van der Waals surface area contributed by atoms with Gasteiger partial charge in [-0.15, -0.1) is 11.3 Å². The maximum absolute atomic E-state index is 12.0. The van der Waals surface area contributed by atoms with E-state index in [0.29, 0.717) is 5.56 Å². The first-order valence-electron chi connectivity index (χ1n) is 5.91. The van der Waals surface area contributed by atoms with Gasteiger partial charge in [0, 0.05) is 12.4 Å². The highest BCUT2D eigenvalue weighted by molar-refractivity contribution is 7.10. The number of rotatable bonds is 2. The van der Waals surface area contributed by atoms with Crippen molar-refractivity contribution in [2.24, 2.45) is 5.73 Å². The van der Waals surface area contributed by atoms with Crippen LogP contribution in [-0.2, 0) is 9.59 Å². The van der Waals surface area contributed by atoms with E-state index in [1.54, 1.807) is 11.4 Å². The largest absolute Gasteiger partial charge is 0.340 e. The van der Waals surface area contributed by atoms with Gasteiger partial charge in [0.25, 0.3) is 11.8 Å². The third-order valence-corrected chi connectivity index (χ3v) is 3.71. The molecule has 104 valence electrons. The predicted octanol–water partition coefficient (Wildman–Crippen LogP) is -0.455. The van der Waals surface area contributed by atoms with Gasteiger partial charge in [-0.3, -0.25) is 19.3 Å². The van der Waals surface area contributed by atoms with Gasteiger partial charge in [-0.1, -0.05) is 11.8 Å². The van der Waals surface area contributed by atoms with E-state index in [9.17, 15) is 14.4 Å². The lowest BCUT2D eigenvalue weighted by Crippen LogP contribution is -2.40. The molecule has 20 heavy (non-hydrogen) atoms. The van der Waals surface area contributed by atoms with Crippen molar-refractivity contribution in [3.63, 3.8) is 0 Å². The fourth-order valence-electron chi connectivity index (χ4n) is 1.77. The van der Waals surface area contributed by atoms with Gasteiger partial charge in [0.2, 0.25) is 5.91 Å². The van der Waals surface area contributed by atoms with Crippen molar-refractivity contribution in [1.29, 1.82) is 0 Å². The number of thiophene rings is 1. The minimum Gasteiger partial charge on any atom is -0.340 e. The highest BCUT2D eigenvalue weighted by Gasteiger charge is 2.37. The molecular formula is C13H13N3O3S. The van der Waals surface area contributed by atoms with Crippen LogP contribution < -0.4 is 11.1 Å². The van der Waals surface area contributed by atoms with E-state index in [1.807, 2.05) is 0 Å². The number of nitrogens with two attached hydrogens (primary N) is 1. The minimum atomic E-state index is -0.779. The smallest absolute Gasteiger partial charge is 0.252 e. The van der Waals surface area contributed by atoms with Crippen LogP contribution in [0.25, 0.3) is 0 Å². The Labute approximate surface area is 119 Å². The van der Waals surface area contributed by atoms with Gasteiger partial charge >= 0.3 is 0 Å². The Kier molecular flexibility index (Phi) is 4.17. The molecule has 1 aromatic heterocycles. The van der Waals surface area contributed by atoms with Crippen LogP contribution in [0, 0.1) is 11.8 Å². The second kappa shape index (κ2) is 5.86. The molecule has 0 aromatic carbocycles. The normalized spacial score (nSPS) is 17.9. The molecule has 0 saturated carbocycles. The summed E-state index contributed by atoms with van der Waals surface area (Å²) in [6.45, 7) is 0.254. The molecule has 0 aliphatic carbocycles. The van der Waals surface area contributed by atoms with Gasteiger partial charge in [-0.2, -0.15) is 0 Å². The third kappa shape index (κ3) is 2.87. The Morgan fingerprint density at radius 1 is 1.60 bits per heavy atom. The lowest BCUT2D eigenvalue weighted by atomic mass is 10.2. The lowest BCUT2D eigenvalue weighted by Gasteiger charge is -2.10. The third-order valence-electron chi connectivity index (χ3n) is 2.86. The molecule has 2 rings (SSSR count). The van der Waals surface area contributed by atoms with Crippen LogP contribution in [0.3, 0.4) is 0 Å². The molecule has 1 unspecified atom stereocenters. The number of imide groups is 1. The van der Waals surface area contributed by atoms with Crippen molar-refractivity contribution >= 4 is 29.1 Å². The number of amides is 3. The summed E-state index contributed by atoms with van der Waals surface area (Å²) in [7, 11) is 1.40. The van der Waals surface area contributed by atoms with Crippen LogP contribution in [0.1, 0.15) is 21.7 Å². The average Bonchev–Trinajstić information content (AvgIpc) is 2.99. The van der Waals surface area contributed by atoms with Crippen molar-refractivity contribution in [1.82, 2.24) is 10.2 Å². The molecule has 1 aromatic rings. The van der Waals surface area contributed by atoms with E-state index >= 15 is 0 Å². The molecule has 6 nitrogen and oxygen atoms in total. The fraction of sp³-hybridized carbons (Fsp3) is 0.308. The van der Waals surface area contributed by atoms with Gasteiger partial charge in [-0.05, 0) is 6.07 Å². The second-order valence-corrected chi connectivity index (χ2v) is 5.14. The summed E-state index contributed by atoms with van der Waals surface area (Å²) in [5.41, 5.74) is 5.69. The van der Waals surface area contributed by atoms with Crippen LogP contribution in [0.5, 0.6) is 0 Å². The highest BCUT2D eigenvalue weighted by atomic mass is 32.1. The minimum absolute atomic E-state index is 0.00501. The molecule has 7 heteroatoms. The van der Waals surface area contributed by atoms with E-state index in [2.05, 4.69) is 17.2 Å². The topological polar surface area (TPSA) is 92.5 Å². The van der Waals surface area contributed by atoms with E-state index < -0.39 is 6.04 Å². The van der Waals surface area contributed by atoms with Gasteiger partial charge in [0.05, 0.1) is 23.4 Å². The van der Waals surface area contributed by atoms with Crippen molar-refractivity contribution < 1.29 is 14.4 Å². The van der Waals surface area contributed by atoms with Crippen LogP contribution in [-0.4, -0.2) is 42.3 Å². The summed E-state index contributed by atoms with van der Waals surface area (Å²) < 4.78 is 0. The number of nitrogens with one attached hydrogen (secondary N) is 1. The zero-order valence-corrected chi connectivity index (χ0v) is 11.6. The standard InChI is InChI=1S/C13H13N3O3S/c1-16-11(17)6-10(13(16)19)15-12(18)8-5-9(20-7-8)3-2-4-14/h5,7,10H,4,6,14H2,1H3,(H,15,18). The first-order valence-corrected chi connectivity index (χ1v) is 6.79. The molecule has 0 spiro atoms. The van der Waals surface area contributed by atoms with Crippen LogP contribution in [0.2, 0.25) is 0 Å². The molecule has 1 saturated heterocycles. The summed E-state index contributed by atoms with van der Waals surface area (Å²) in [6, 6.07) is 0.853. The Balaban J connectivity index is 2.04. The lowest BCUT2D eigenvalue weighted by molar-refractivity contribution is -0.137. The number of likely N-dealkylation sites (N-methyl/N-ethyl adjacent to an activating group) is 1. The average molecular weight is 291 g/mol. The molecular weight excluding hydrogens is 278 g/mol. The Hall–Kier alpha value is -2.17. The molecule has 2 heterocycles. The fourth-order valence-corrected chi connectivity index (χ4v) is 2.52. The number of nitrogens with zero attached hydrogens (tertiary/aromatic N) is 1. The quantitative estimate of drug-likeness (QED) is 0.570. The Morgan fingerprint density at radius 2 is 2.35 bits per heavy atom. The molecule has 0 bridgehead atoms. The van der Waals surface area contributed by atoms with Crippen LogP contribution >= 0.6 is 11.3 Å². The molecule has 1 atom stereocenters. The van der Waals surface area contributed by atoms with Gasteiger partial charge in [0.1, 0.15) is 6.04 Å². The SMILES string of the molecule is CN1C(=O)CC(NC(=O)c2csc(C#CCN)c2)C1=O. The summed E-state index contributed by atoms with van der Waals surface area (Å²) in [4.78, 5) is 36.8. The van der Waals surface area contributed by atoms with E-state index in [-0.39, 0.29) is 30.7 Å². The van der Waals surface area contributed by atoms with Gasteiger partial charge in [-0.25, -0.2) is 0 Å². The number of carbonyl (C=O) groups is 3. The summed E-state index contributed by atoms with van der Waals surface area (Å²) >= 11 is 1.33. The second-order valence-electron chi connectivity index (χ2n) is 4.23. The summed E-state index contributed by atoms with van der Waals surface area (Å²) in [5.74, 6) is 4.47. The molecule has 1 aliphatic heterocycles. The number of likely N-dealkylation sites (tertiary alicyclic amines) is 1. The van der Waals surface area contributed by atoms with Crippen molar-refractivity contribution in [2.75, 3.05) is 13.6 Å². The summed E-state index contributed by atoms with van der Waals surface area (Å²) in [6.07, 6.45) is 0.00501. The first-order chi connectivity index (χ1) is 9.52. The van der Waals surface area contributed by atoms with Crippen molar-refractivity contribution in [3.05, 3.63) is 21.9 Å². The van der Waals surface area contributed by atoms with Crippen LogP contribution in [0.4, 0.5) is 0 Å². The van der Waals surface area contributed by atoms with Gasteiger partial charge < -0.3 is 11.1 Å². The molecule has 3 amide bonds. The van der Waals surface area contributed by atoms with E-state index in [4.69, 9.17) is 5.73 Å². The Morgan fingerprint density at radius 3 is 2.95 bits per heavy atom. The highest BCUT2D eigenvalue weighted by Crippen LogP contribution is 2.15. The number of carbonyl (C=O) groups excluding carboxylic acids is 3. The first kappa shape index (κ1) is 14.2.